The highest BCUT2D eigenvalue weighted by Gasteiger charge is 2.49. The Morgan fingerprint density at radius 1 is 0.351 bits per heavy atom. The Morgan fingerprint density at radius 3 is 1.37 bits per heavy atom. The summed E-state index contributed by atoms with van der Waals surface area (Å²) in [5, 5.41) is 13.7. The molecule has 9 aromatic carbocycles. The van der Waals surface area contributed by atoms with Gasteiger partial charge >= 0.3 is 0 Å². The number of thiophene rings is 1. The lowest BCUT2D eigenvalue weighted by Gasteiger charge is -2.55. The second kappa shape index (κ2) is 12.4. The van der Waals surface area contributed by atoms with Gasteiger partial charge in [-0.3, -0.25) is 0 Å². The van der Waals surface area contributed by atoms with Gasteiger partial charge in [0, 0.05) is 25.7 Å². The van der Waals surface area contributed by atoms with Crippen molar-refractivity contribution in [3.63, 3.8) is 0 Å². The van der Waals surface area contributed by atoms with Crippen molar-refractivity contribution in [2.45, 2.75) is 38.0 Å². The Bertz CT molecular complexity index is 3110. The van der Waals surface area contributed by atoms with Crippen LogP contribution in [-0.4, -0.2) is 0 Å². The lowest BCUT2D eigenvalue weighted by molar-refractivity contribution is -0.00185. The fraction of sp³-hybridized carbons (Fsp3) is 0.179. The normalized spacial score (nSPS) is 21.5. The molecule has 272 valence electrons. The van der Waals surface area contributed by atoms with Gasteiger partial charge in [0.05, 0.1) is 0 Å². The van der Waals surface area contributed by atoms with Crippen LogP contribution in [0.3, 0.4) is 0 Å². The van der Waals surface area contributed by atoms with Gasteiger partial charge in [-0.05, 0) is 144 Å². The first-order chi connectivity index (χ1) is 28.3. The van der Waals surface area contributed by atoms with Crippen LogP contribution in [0.25, 0.3) is 96.6 Å². The standard InChI is InChI=1S/C56H42S/c1-2-14-35(15-3-1)51-38-16-4-6-18-40(38)52(41-19-7-5-17-39(41)51)46-24-13-27-49-54(46)48-26-12-25-47(56(48)57-49)53-42-20-8-10-22-44(42)55(45-23-11-9-21-43(45)53)50-36-29-33-28-34(31-36)32-37(50)30-33/h1-27,33-34,36-37,50H,28-32H2. The lowest BCUT2D eigenvalue weighted by atomic mass is 9.50. The number of fused-ring (bicyclic) bond motifs is 7. The Morgan fingerprint density at radius 2 is 0.789 bits per heavy atom. The van der Waals surface area contributed by atoms with E-state index in [0.29, 0.717) is 5.92 Å². The smallest absolute Gasteiger partial charge is 0.0434 e. The largest absolute Gasteiger partial charge is 0.135 e. The van der Waals surface area contributed by atoms with Gasteiger partial charge in [0.2, 0.25) is 0 Å². The highest BCUT2D eigenvalue weighted by atomic mass is 32.1. The zero-order valence-electron chi connectivity index (χ0n) is 31.9. The molecule has 57 heavy (non-hydrogen) atoms. The molecule has 10 aromatic rings. The molecule has 0 unspecified atom stereocenters. The molecule has 4 fully saturated rings. The van der Waals surface area contributed by atoms with Crippen molar-refractivity contribution in [3.05, 3.63) is 169 Å². The van der Waals surface area contributed by atoms with E-state index < -0.39 is 0 Å². The Labute approximate surface area is 337 Å². The van der Waals surface area contributed by atoms with Crippen molar-refractivity contribution in [1.29, 1.82) is 0 Å². The molecule has 0 aliphatic heterocycles. The lowest BCUT2D eigenvalue weighted by Crippen LogP contribution is -2.43. The summed E-state index contributed by atoms with van der Waals surface area (Å²) in [5.74, 6) is 4.26. The van der Waals surface area contributed by atoms with Crippen LogP contribution >= 0.6 is 11.3 Å². The predicted molar refractivity (Wildman–Crippen MR) is 245 cm³/mol. The molecule has 0 N–H and O–H groups in total. The van der Waals surface area contributed by atoms with Crippen molar-refractivity contribution in [3.8, 4) is 33.4 Å². The number of hydrogen-bond acceptors (Lipinski definition) is 1. The van der Waals surface area contributed by atoms with E-state index in [9.17, 15) is 0 Å². The molecular formula is C56H42S. The van der Waals surface area contributed by atoms with E-state index >= 15 is 0 Å². The fourth-order valence-electron chi connectivity index (χ4n) is 12.8. The molecular weight excluding hydrogens is 705 g/mol. The first-order valence-corrected chi connectivity index (χ1v) is 22.0. The quantitative estimate of drug-likeness (QED) is 0.157. The zero-order chi connectivity index (χ0) is 37.2. The van der Waals surface area contributed by atoms with Crippen LogP contribution in [0.1, 0.15) is 43.6 Å². The van der Waals surface area contributed by atoms with Crippen LogP contribution in [-0.2, 0) is 0 Å². The van der Waals surface area contributed by atoms with Crippen molar-refractivity contribution in [1.82, 2.24) is 0 Å². The van der Waals surface area contributed by atoms with Gasteiger partial charge in [0.25, 0.3) is 0 Å². The van der Waals surface area contributed by atoms with E-state index in [1.54, 1.807) is 5.56 Å². The first kappa shape index (κ1) is 32.3. The molecule has 14 rings (SSSR count). The molecule has 0 saturated heterocycles. The van der Waals surface area contributed by atoms with Gasteiger partial charge in [0.1, 0.15) is 0 Å². The van der Waals surface area contributed by atoms with Gasteiger partial charge in [-0.1, -0.05) is 158 Å². The third kappa shape index (κ3) is 4.67. The average molecular weight is 747 g/mol. The maximum Gasteiger partial charge on any atom is 0.0434 e. The molecule has 1 heterocycles. The van der Waals surface area contributed by atoms with Gasteiger partial charge in [-0.2, -0.15) is 0 Å². The minimum absolute atomic E-state index is 0.669. The van der Waals surface area contributed by atoms with Crippen LogP contribution < -0.4 is 0 Å². The van der Waals surface area contributed by atoms with E-state index in [1.807, 2.05) is 11.3 Å². The highest BCUT2D eigenvalue weighted by Crippen LogP contribution is 2.62. The van der Waals surface area contributed by atoms with Crippen molar-refractivity contribution in [2.75, 3.05) is 0 Å². The van der Waals surface area contributed by atoms with E-state index in [1.165, 1.54) is 129 Å². The molecule has 0 amide bonds. The van der Waals surface area contributed by atoms with E-state index in [2.05, 4.69) is 164 Å². The Balaban J connectivity index is 1.08. The summed E-state index contributed by atoms with van der Waals surface area (Å²) >= 11 is 1.97. The van der Waals surface area contributed by atoms with E-state index in [4.69, 9.17) is 0 Å². The molecule has 1 aromatic heterocycles. The molecule has 4 saturated carbocycles. The van der Waals surface area contributed by atoms with E-state index in [-0.39, 0.29) is 0 Å². The zero-order valence-corrected chi connectivity index (χ0v) is 32.7. The highest BCUT2D eigenvalue weighted by molar-refractivity contribution is 7.26. The summed E-state index contributed by atoms with van der Waals surface area (Å²) in [6.45, 7) is 0. The second-order valence-corrected chi connectivity index (χ2v) is 18.6. The molecule has 0 radical (unpaired) electrons. The molecule has 1 heteroatoms. The Kier molecular flexibility index (Phi) is 7.02. The summed E-state index contributed by atoms with van der Waals surface area (Å²) in [4.78, 5) is 0. The van der Waals surface area contributed by atoms with Gasteiger partial charge in [-0.15, -0.1) is 11.3 Å². The van der Waals surface area contributed by atoms with Gasteiger partial charge in [-0.25, -0.2) is 0 Å². The third-order valence-corrected chi connectivity index (χ3v) is 15.8. The van der Waals surface area contributed by atoms with Gasteiger partial charge in [0.15, 0.2) is 0 Å². The minimum atomic E-state index is 0.669. The van der Waals surface area contributed by atoms with Crippen LogP contribution in [0.4, 0.5) is 0 Å². The van der Waals surface area contributed by atoms with E-state index in [0.717, 1.165) is 23.7 Å². The second-order valence-electron chi connectivity index (χ2n) is 17.5. The number of rotatable bonds is 4. The van der Waals surface area contributed by atoms with Crippen LogP contribution in [0, 0.1) is 23.7 Å². The summed E-state index contributed by atoms with van der Waals surface area (Å²) in [6.07, 6.45) is 7.23. The third-order valence-electron chi connectivity index (χ3n) is 14.6. The average Bonchev–Trinajstić information content (AvgIpc) is 3.65. The van der Waals surface area contributed by atoms with Crippen molar-refractivity contribution >= 4 is 74.6 Å². The summed E-state index contributed by atoms with van der Waals surface area (Å²) in [6, 6.07) is 62.1. The number of benzene rings is 9. The molecule has 0 atom stereocenters. The fourth-order valence-corrected chi connectivity index (χ4v) is 14.0. The SMILES string of the molecule is c1ccc(-c2c3ccccc3c(-c3cccc4sc5c(-c6c7ccccc7c(C7C8CC9CC(C8)CC7C9)c7ccccc67)cccc5c34)c3ccccc23)cc1. The summed E-state index contributed by atoms with van der Waals surface area (Å²) < 4.78 is 2.72. The molecule has 4 aliphatic carbocycles. The van der Waals surface area contributed by atoms with Gasteiger partial charge < -0.3 is 0 Å². The maximum atomic E-state index is 2.46. The van der Waals surface area contributed by atoms with Crippen molar-refractivity contribution < 1.29 is 0 Å². The topological polar surface area (TPSA) is 0 Å². The summed E-state index contributed by atoms with van der Waals surface area (Å²) in [5.41, 5.74) is 9.62. The molecule has 4 aliphatic rings. The molecule has 0 spiro atoms. The first-order valence-electron chi connectivity index (χ1n) is 21.2. The minimum Gasteiger partial charge on any atom is -0.135 e. The van der Waals surface area contributed by atoms with Crippen LogP contribution in [0.2, 0.25) is 0 Å². The Hall–Kier alpha value is -5.76. The molecule has 4 bridgehead atoms. The van der Waals surface area contributed by atoms with Crippen LogP contribution in [0.15, 0.2) is 164 Å². The summed E-state index contributed by atoms with van der Waals surface area (Å²) in [7, 11) is 0. The maximum absolute atomic E-state index is 2.46. The predicted octanol–water partition coefficient (Wildman–Crippen LogP) is 16.2. The molecule has 0 nitrogen and oxygen atoms in total. The van der Waals surface area contributed by atoms with Crippen molar-refractivity contribution in [2.24, 2.45) is 23.7 Å². The number of hydrogen-bond donors (Lipinski definition) is 0. The van der Waals surface area contributed by atoms with Crippen LogP contribution in [0.5, 0.6) is 0 Å². The monoisotopic (exact) mass is 746 g/mol.